The Kier molecular flexibility index (Phi) is 4.13. The fourth-order valence-electron chi connectivity index (χ4n) is 3.63. The van der Waals surface area contributed by atoms with Crippen molar-refractivity contribution in [3.63, 3.8) is 0 Å². The average molecular weight is 369 g/mol. The summed E-state index contributed by atoms with van der Waals surface area (Å²) >= 11 is 6.03. The lowest BCUT2D eigenvalue weighted by Gasteiger charge is -2.34. The van der Waals surface area contributed by atoms with Crippen molar-refractivity contribution in [3.05, 3.63) is 51.8 Å². The highest BCUT2D eigenvalue weighted by Gasteiger charge is 2.26. The van der Waals surface area contributed by atoms with Gasteiger partial charge in [0.15, 0.2) is 10.8 Å². The zero-order valence-electron chi connectivity index (χ0n) is 14.3. The van der Waals surface area contributed by atoms with E-state index in [0.717, 1.165) is 30.4 Å². The van der Waals surface area contributed by atoms with Crippen molar-refractivity contribution in [3.8, 4) is 6.07 Å². The highest BCUT2D eigenvalue weighted by atomic mass is 35.5. The minimum Gasteiger partial charge on any atom is -0.353 e. The van der Waals surface area contributed by atoms with Crippen LogP contribution in [0.15, 0.2) is 35.3 Å². The molecule has 1 aliphatic heterocycles. The van der Waals surface area contributed by atoms with Crippen LogP contribution in [-0.4, -0.2) is 32.2 Å². The van der Waals surface area contributed by atoms with E-state index in [4.69, 9.17) is 16.9 Å². The molecular weight excluding hydrogens is 352 g/mol. The van der Waals surface area contributed by atoms with Crippen LogP contribution in [0.4, 0.5) is 5.82 Å². The SMILES string of the molecule is Cn1c(=O)n(C2CCCN(c3cnc(C#N)c(Cl)n3)C2)c2ccccc21. The summed E-state index contributed by atoms with van der Waals surface area (Å²) in [5.41, 5.74) is 1.97. The van der Waals surface area contributed by atoms with Gasteiger partial charge in [0.1, 0.15) is 11.9 Å². The van der Waals surface area contributed by atoms with Gasteiger partial charge in [-0.15, -0.1) is 0 Å². The van der Waals surface area contributed by atoms with E-state index < -0.39 is 0 Å². The molecule has 1 saturated heterocycles. The fraction of sp³-hybridized carbons (Fsp3) is 0.333. The van der Waals surface area contributed by atoms with Gasteiger partial charge in [-0.25, -0.2) is 14.8 Å². The van der Waals surface area contributed by atoms with Crippen LogP contribution < -0.4 is 10.6 Å². The second-order valence-electron chi connectivity index (χ2n) is 6.42. The first kappa shape index (κ1) is 16.6. The van der Waals surface area contributed by atoms with Gasteiger partial charge in [0.2, 0.25) is 0 Å². The monoisotopic (exact) mass is 368 g/mol. The zero-order valence-corrected chi connectivity index (χ0v) is 15.0. The summed E-state index contributed by atoms with van der Waals surface area (Å²) in [7, 11) is 1.80. The summed E-state index contributed by atoms with van der Waals surface area (Å²) in [6.45, 7) is 1.46. The molecule has 4 rings (SSSR count). The van der Waals surface area contributed by atoms with Gasteiger partial charge in [-0.2, -0.15) is 5.26 Å². The number of rotatable bonds is 2. The van der Waals surface area contributed by atoms with Crippen LogP contribution in [0.5, 0.6) is 0 Å². The third-order valence-electron chi connectivity index (χ3n) is 4.90. The molecule has 0 saturated carbocycles. The third kappa shape index (κ3) is 2.63. The maximum Gasteiger partial charge on any atom is 0.329 e. The number of hydrogen-bond acceptors (Lipinski definition) is 5. The van der Waals surface area contributed by atoms with Gasteiger partial charge in [0.25, 0.3) is 0 Å². The quantitative estimate of drug-likeness (QED) is 0.694. The molecule has 1 unspecified atom stereocenters. The summed E-state index contributed by atoms with van der Waals surface area (Å²) in [5, 5.41) is 9.06. The molecule has 7 nitrogen and oxygen atoms in total. The number of fused-ring (bicyclic) bond motifs is 1. The Morgan fingerprint density at radius 3 is 2.81 bits per heavy atom. The Bertz CT molecular complexity index is 1080. The summed E-state index contributed by atoms with van der Waals surface area (Å²) in [6.07, 6.45) is 3.42. The number of imidazole rings is 1. The van der Waals surface area contributed by atoms with E-state index in [0.29, 0.717) is 12.4 Å². The van der Waals surface area contributed by atoms with E-state index in [2.05, 4.69) is 14.9 Å². The minimum atomic E-state index is -0.0120. The largest absolute Gasteiger partial charge is 0.353 e. The maximum atomic E-state index is 12.8. The van der Waals surface area contributed by atoms with Gasteiger partial charge in [0.05, 0.1) is 23.3 Å². The van der Waals surface area contributed by atoms with E-state index in [1.807, 2.05) is 34.9 Å². The van der Waals surface area contributed by atoms with Crippen molar-refractivity contribution in [1.29, 1.82) is 5.26 Å². The smallest absolute Gasteiger partial charge is 0.329 e. The van der Waals surface area contributed by atoms with E-state index in [-0.39, 0.29) is 22.6 Å². The number of piperidine rings is 1. The minimum absolute atomic E-state index is 0.0120. The second kappa shape index (κ2) is 6.46. The number of nitrogens with zero attached hydrogens (tertiary/aromatic N) is 6. The van der Waals surface area contributed by atoms with Crippen molar-refractivity contribution in [2.45, 2.75) is 18.9 Å². The highest BCUT2D eigenvalue weighted by Crippen LogP contribution is 2.27. The van der Waals surface area contributed by atoms with Gasteiger partial charge in [-0.1, -0.05) is 23.7 Å². The van der Waals surface area contributed by atoms with Crippen LogP contribution in [0, 0.1) is 11.3 Å². The Balaban J connectivity index is 1.70. The van der Waals surface area contributed by atoms with Crippen LogP contribution in [-0.2, 0) is 7.05 Å². The van der Waals surface area contributed by atoms with Gasteiger partial charge in [-0.3, -0.25) is 9.13 Å². The summed E-state index contributed by atoms with van der Waals surface area (Å²) < 4.78 is 3.56. The van der Waals surface area contributed by atoms with Gasteiger partial charge < -0.3 is 4.90 Å². The average Bonchev–Trinajstić information content (AvgIpc) is 2.93. The Labute approximate surface area is 155 Å². The summed E-state index contributed by atoms with van der Waals surface area (Å²) in [5.74, 6) is 0.631. The first-order valence-corrected chi connectivity index (χ1v) is 8.81. The number of benzene rings is 1. The van der Waals surface area contributed by atoms with Crippen molar-refractivity contribution in [2.75, 3.05) is 18.0 Å². The van der Waals surface area contributed by atoms with Crippen LogP contribution in [0.25, 0.3) is 11.0 Å². The van der Waals surface area contributed by atoms with Gasteiger partial charge in [-0.05, 0) is 25.0 Å². The molecule has 0 amide bonds. The topological polar surface area (TPSA) is 79.7 Å². The molecule has 3 heterocycles. The lowest BCUT2D eigenvalue weighted by Crippen LogP contribution is -2.40. The Morgan fingerprint density at radius 2 is 2.08 bits per heavy atom. The van der Waals surface area contributed by atoms with E-state index >= 15 is 0 Å². The highest BCUT2D eigenvalue weighted by molar-refractivity contribution is 6.30. The molecule has 26 heavy (non-hydrogen) atoms. The lowest BCUT2D eigenvalue weighted by molar-refractivity contribution is 0.400. The molecule has 0 radical (unpaired) electrons. The van der Waals surface area contributed by atoms with Crippen LogP contribution in [0.1, 0.15) is 24.6 Å². The normalized spacial score (nSPS) is 17.4. The molecule has 2 aromatic heterocycles. The molecule has 1 aromatic carbocycles. The lowest BCUT2D eigenvalue weighted by atomic mass is 10.1. The predicted octanol–water partition coefficient (Wildman–Crippen LogP) is 2.50. The van der Waals surface area contributed by atoms with Crippen molar-refractivity contribution < 1.29 is 0 Å². The number of para-hydroxylation sites is 2. The predicted molar refractivity (Wildman–Crippen MR) is 99.4 cm³/mol. The zero-order chi connectivity index (χ0) is 18.3. The van der Waals surface area contributed by atoms with Crippen LogP contribution in [0.3, 0.4) is 0 Å². The first-order valence-electron chi connectivity index (χ1n) is 8.43. The molecule has 0 bridgehead atoms. The standard InChI is InChI=1S/C18H17ClN6O/c1-23-14-6-2-3-7-15(14)25(18(23)26)12-5-4-8-24(11-12)16-10-21-13(9-20)17(19)22-16/h2-3,6-7,10,12H,4-5,8,11H2,1H3. The molecule has 1 atom stereocenters. The molecule has 0 N–H and O–H groups in total. The molecule has 3 aromatic rings. The Hall–Kier alpha value is -2.85. The molecule has 1 aliphatic rings. The van der Waals surface area contributed by atoms with Crippen molar-refractivity contribution in [1.82, 2.24) is 19.1 Å². The molecular formula is C18H17ClN6O. The second-order valence-corrected chi connectivity index (χ2v) is 6.78. The molecule has 0 spiro atoms. The summed E-state index contributed by atoms with van der Waals surface area (Å²) in [6, 6.07) is 9.78. The number of nitriles is 1. The first-order chi connectivity index (χ1) is 12.6. The third-order valence-corrected chi connectivity index (χ3v) is 5.17. The number of aromatic nitrogens is 4. The van der Waals surface area contributed by atoms with Crippen molar-refractivity contribution >= 4 is 28.5 Å². The van der Waals surface area contributed by atoms with E-state index in [9.17, 15) is 4.79 Å². The van der Waals surface area contributed by atoms with Gasteiger partial charge >= 0.3 is 5.69 Å². The summed E-state index contributed by atoms with van der Waals surface area (Å²) in [4.78, 5) is 23.2. The molecule has 8 heteroatoms. The fourth-order valence-corrected chi connectivity index (χ4v) is 3.81. The van der Waals surface area contributed by atoms with Crippen molar-refractivity contribution in [2.24, 2.45) is 7.05 Å². The maximum absolute atomic E-state index is 12.8. The van der Waals surface area contributed by atoms with E-state index in [1.54, 1.807) is 17.8 Å². The molecule has 132 valence electrons. The van der Waals surface area contributed by atoms with Crippen LogP contribution in [0.2, 0.25) is 5.15 Å². The number of aryl methyl sites for hydroxylation is 1. The number of halogens is 1. The number of anilines is 1. The molecule has 1 fully saturated rings. The molecule has 0 aliphatic carbocycles. The van der Waals surface area contributed by atoms with Crippen LogP contribution >= 0.6 is 11.6 Å². The van der Waals surface area contributed by atoms with Gasteiger partial charge in [0, 0.05) is 20.1 Å². The Morgan fingerprint density at radius 1 is 1.31 bits per heavy atom. The number of hydrogen-bond donors (Lipinski definition) is 0. The van der Waals surface area contributed by atoms with E-state index in [1.165, 1.54) is 0 Å².